The number of amides is 2. The lowest BCUT2D eigenvalue weighted by Gasteiger charge is -2.32. The third-order valence-corrected chi connectivity index (χ3v) is 8.46. The first-order valence-electron chi connectivity index (χ1n) is 13.7. The molecule has 2 amide bonds. The summed E-state index contributed by atoms with van der Waals surface area (Å²) >= 11 is 1.35. The van der Waals surface area contributed by atoms with Gasteiger partial charge in [0, 0.05) is 75.3 Å². The zero-order chi connectivity index (χ0) is 28.5. The predicted molar refractivity (Wildman–Crippen MR) is 157 cm³/mol. The summed E-state index contributed by atoms with van der Waals surface area (Å²) in [4.78, 5) is 38.6. The maximum absolute atomic E-state index is 15.7. The Labute approximate surface area is 241 Å². The molecule has 4 heterocycles. The predicted octanol–water partition coefficient (Wildman–Crippen LogP) is 3.83. The Hall–Kier alpha value is -4.00. The van der Waals surface area contributed by atoms with Crippen molar-refractivity contribution in [3.63, 3.8) is 0 Å². The van der Waals surface area contributed by atoms with E-state index in [-0.39, 0.29) is 17.5 Å². The van der Waals surface area contributed by atoms with Crippen LogP contribution in [-0.2, 0) is 22.4 Å². The van der Waals surface area contributed by atoms with Crippen molar-refractivity contribution in [2.45, 2.75) is 26.2 Å². The molecule has 3 aromatic heterocycles. The molecular formula is C29H31FN8O2S. The number of benzene rings is 1. The molecule has 4 aromatic rings. The lowest BCUT2D eigenvalue weighted by Crippen LogP contribution is -2.45. The minimum Gasteiger partial charge on any atom is -0.326 e. The van der Waals surface area contributed by atoms with E-state index in [2.05, 4.69) is 37.4 Å². The Morgan fingerprint density at radius 1 is 1.10 bits per heavy atom. The number of nitrogens with zero attached hydrogens (tertiary/aromatic N) is 6. The van der Waals surface area contributed by atoms with Crippen LogP contribution in [0.25, 0.3) is 27.5 Å². The second kappa shape index (κ2) is 11.5. The van der Waals surface area contributed by atoms with E-state index in [4.69, 9.17) is 5.10 Å². The van der Waals surface area contributed by atoms with Crippen LogP contribution in [0.5, 0.6) is 0 Å². The molecule has 10 nitrogen and oxygen atoms in total. The van der Waals surface area contributed by atoms with Gasteiger partial charge in [0.1, 0.15) is 5.69 Å². The van der Waals surface area contributed by atoms with Crippen LogP contribution in [0.4, 0.5) is 15.2 Å². The molecule has 0 saturated carbocycles. The number of pyridine rings is 1. The molecule has 0 spiro atoms. The number of hydrogen-bond donors (Lipinski definition) is 2. The number of anilines is 2. The van der Waals surface area contributed by atoms with E-state index in [1.165, 1.54) is 24.3 Å². The summed E-state index contributed by atoms with van der Waals surface area (Å²) in [6, 6.07) is 8.44. The summed E-state index contributed by atoms with van der Waals surface area (Å²) in [5.41, 5.74) is 4.79. The number of rotatable bonds is 7. The van der Waals surface area contributed by atoms with Crippen LogP contribution in [-0.4, -0.2) is 81.1 Å². The van der Waals surface area contributed by atoms with Crippen molar-refractivity contribution >= 4 is 34.0 Å². The van der Waals surface area contributed by atoms with Gasteiger partial charge < -0.3 is 20.4 Å². The van der Waals surface area contributed by atoms with Crippen LogP contribution in [0.2, 0.25) is 0 Å². The fourth-order valence-electron chi connectivity index (χ4n) is 5.29. The molecule has 0 radical (unpaired) electrons. The Balaban J connectivity index is 1.29. The zero-order valence-corrected chi connectivity index (χ0v) is 23.8. The minimum absolute atomic E-state index is 0.147. The smallest absolute Gasteiger partial charge is 0.225 e. The average Bonchev–Trinajstić information content (AvgIpc) is 3.54. The van der Waals surface area contributed by atoms with E-state index in [9.17, 15) is 9.59 Å². The highest BCUT2D eigenvalue weighted by molar-refractivity contribution is 7.19. The maximum atomic E-state index is 15.7. The number of halogens is 1. The van der Waals surface area contributed by atoms with Gasteiger partial charge in [0.05, 0.1) is 22.0 Å². The third-order valence-electron chi connectivity index (χ3n) is 7.44. The topological polar surface area (TPSA) is 108 Å². The standard InChI is InChI=1S/C29H31FN8O2S/c1-18(39)32-29-34-23-7-6-21-26(19-4-3-10-31-17-19)35-38(27(21)28(23)41-29)24-8-5-20(16-22(24)30)33-25(40)9-11-37-14-12-36(2)13-15-37/h3-5,8,10,16-17H,6-7,9,11-15H2,1-2H3,(H,33,40)(H,32,34,39). The molecule has 1 aromatic carbocycles. The molecule has 6 rings (SSSR count). The normalized spacial score (nSPS) is 15.3. The molecule has 0 unspecified atom stereocenters. The van der Waals surface area contributed by atoms with Gasteiger partial charge in [-0.05, 0) is 50.2 Å². The third kappa shape index (κ3) is 5.76. The lowest BCUT2D eigenvalue weighted by molar-refractivity contribution is -0.116. The molecule has 1 fully saturated rings. The van der Waals surface area contributed by atoms with Crippen molar-refractivity contribution in [1.29, 1.82) is 0 Å². The van der Waals surface area contributed by atoms with E-state index < -0.39 is 5.82 Å². The number of aromatic nitrogens is 4. The first-order valence-corrected chi connectivity index (χ1v) is 14.5. The first kappa shape index (κ1) is 27.2. The Morgan fingerprint density at radius 3 is 2.66 bits per heavy atom. The SMILES string of the molecule is CC(=O)Nc1nc2c(s1)-c1c(c(-c3cccnc3)nn1-c1ccc(NC(=O)CCN3CCN(C)CC3)cc1F)CC2. The van der Waals surface area contributed by atoms with Gasteiger partial charge in [-0.3, -0.25) is 14.6 Å². The first-order chi connectivity index (χ1) is 19.9. The number of nitrogens with one attached hydrogen (secondary N) is 2. The number of fused-ring (bicyclic) bond motifs is 3. The number of carbonyl (C=O) groups excluding carboxylic acids is 2. The van der Waals surface area contributed by atoms with Gasteiger partial charge in [0.25, 0.3) is 0 Å². The highest BCUT2D eigenvalue weighted by atomic mass is 32.1. The van der Waals surface area contributed by atoms with Gasteiger partial charge in [0.2, 0.25) is 11.8 Å². The summed E-state index contributed by atoms with van der Waals surface area (Å²) in [5.74, 6) is -0.858. The zero-order valence-electron chi connectivity index (χ0n) is 23.0. The second-order valence-corrected chi connectivity index (χ2v) is 11.4. The summed E-state index contributed by atoms with van der Waals surface area (Å²) in [5, 5.41) is 11.0. The highest BCUT2D eigenvalue weighted by Crippen LogP contribution is 2.44. The van der Waals surface area contributed by atoms with Crippen molar-refractivity contribution in [1.82, 2.24) is 29.5 Å². The quantitative estimate of drug-likeness (QED) is 0.345. The number of thiazole rings is 1. The number of aryl methyl sites for hydroxylation is 1. The van der Waals surface area contributed by atoms with E-state index in [0.717, 1.165) is 59.3 Å². The van der Waals surface area contributed by atoms with Crippen LogP contribution in [0.15, 0.2) is 42.7 Å². The summed E-state index contributed by atoms with van der Waals surface area (Å²) in [6.07, 6.45) is 5.14. The molecule has 1 aliphatic heterocycles. The Kier molecular flexibility index (Phi) is 7.61. The van der Waals surface area contributed by atoms with Crippen molar-refractivity contribution < 1.29 is 14.0 Å². The fourth-order valence-corrected chi connectivity index (χ4v) is 6.41. The Morgan fingerprint density at radius 2 is 1.93 bits per heavy atom. The highest BCUT2D eigenvalue weighted by Gasteiger charge is 2.30. The summed E-state index contributed by atoms with van der Waals surface area (Å²) < 4.78 is 17.3. The molecular weight excluding hydrogens is 543 g/mol. The van der Waals surface area contributed by atoms with E-state index in [0.29, 0.717) is 36.6 Å². The van der Waals surface area contributed by atoms with Crippen LogP contribution >= 0.6 is 11.3 Å². The van der Waals surface area contributed by atoms with E-state index >= 15 is 4.39 Å². The van der Waals surface area contributed by atoms with Crippen LogP contribution in [0, 0.1) is 5.82 Å². The number of carbonyl (C=O) groups is 2. The van der Waals surface area contributed by atoms with Gasteiger partial charge in [-0.1, -0.05) is 11.3 Å². The molecule has 0 bridgehead atoms. The summed E-state index contributed by atoms with van der Waals surface area (Å²) in [7, 11) is 2.10. The minimum atomic E-state index is -0.511. The van der Waals surface area contributed by atoms with Crippen molar-refractivity contribution in [3.8, 4) is 27.5 Å². The number of likely N-dealkylation sites (N-methyl/N-ethyl adjacent to an activating group) is 1. The van der Waals surface area contributed by atoms with E-state index in [1.54, 1.807) is 29.2 Å². The second-order valence-electron chi connectivity index (χ2n) is 10.4. The largest absolute Gasteiger partial charge is 0.326 e. The number of hydrogen-bond acceptors (Lipinski definition) is 8. The van der Waals surface area contributed by atoms with Gasteiger partial charge in [-0.2, -0.15) is 5.10 Å². The van der Waals surface area contributed by atoms with Gasteiger partial charge >= 0.3 is 0 Å². The molecule has 12 heteroatoms. The van der Waals surface area contributed by atoms with Crippen LogP contribution in [0.1, 0.15) is 24.6 Å². The van der Waals surface area contributed by atoms with Crippen molar-refractivity contribution in [3.05, 3.63) is 59.8 Å². The summed E-state index contributed by atoms with van der Waals surface area (Å²) in [6.45, 7) is 5.98. The molecule has 2 aliphatic rings. The molecule has 2 N–H and O–H groups in total. The van der Waals surface area contributed by atoms with E-state index in [1.807, 2.05) is 12.1 Å². The lowest BCUT2D eigenvalue weighted by atomic mass is 9.95. The van der Waals surface area contributed by atoms with Crippen LogP contribution in [0.3, 0.4) is 0 Å². The molecule has 1 saturated heterocycles. The molecule has 41 heavy (non-hydrogen) atoms. The van der Waals surface area contributed by atoms with Gasteiger partial charge in [-0.15, -0.1) is 0 Å². The van der Waals surface area contributed by atoms with Gasteiger partial charge in [-0.25, -0.2) is 14.1 Å². The average molecular weight is 575 g/mol. The number of piperazine rings is 1. The van der Waals surface area contributed by atoms with Crippen molar-refractivity contribution in [2.75, 3.05) is 50.4 Å². The van der Waals surface area contributed by atoms with Gasteiger partial charge in [0.15, 0.2) is 10.9 Å². The maximum Gasteiger partial charge on any atom is 0.225 e. The molecule has 1 aliphatic carbocycles. The molecule has 212 valence electrons. The molecule has 0 atom stereocenters. The van der Waals surface area contributed by atoms with Crippen LogP contribution < -0.4 is 10.6 Å². The Bertz CT molecular complexity index is 1590. The monoisotopic (exact) mass is 574 g/mol. The van der Waals surface area contributed by atoms with Crippen molar-refractivity contribution in [2.24, 2.45) is 0 Å². The fraction of sp³-hybridized carbons (Fsp3) is 0.345.